The van der Waals surface area contributed by atoms with Crippen molar-refractivity contribution in [1.82, 2.24) is 14.6 Å². The van der Waals surface area contributed by atoms with Gasteiger partial charge in [0, 0.05) is 24.0 Å². The van der Waals surface area contributed by atoms with Gasteiger partial charge in [-0.15, -0.1) is 5.10 Å². The van der Waals surface area contributed by atoms with Crippen molar-refractivity contribution in [3.8, 4) is 17.0 Å². The van der Waals surface area contributed by atoms with Gasteiger partial charge in [0.25, 0.3) is 0 Å². The number of benzene rings is 1. The Labute approximate surface area is 134 Å². The molecule has 1 aromatic carbocycles. The standard InChI is InChI=1S/C16H20N4OS/c1-13(18-20-9-3-2-4-10-20)11-21-15-7-5-14(6-8-15)16-12-22-19-17-16/h5-8,12H,2-4,9-11H2,1H3. The van der Waals surface area contributed by atoms with E-state index in [1.54, 1.807) is 0 Å². The Morgan fingerprint density at radius 2 is 2.00 bits per heavy atom. The van der Waals surface area contributed by atoms with Crippen LogP contribution >= 0.6 is 11.5 Å². The highest BCUT2D eigenvalue weighted by molar-refractivity contribution is 7.03. The van der Waals surface area contributed by atoms with E-state index in [-0.39, 0.29) is 0 Å². The van der Waals surface area contributed by atoms with Crippen LogP contribution in [0.1, 0.15) is 26.2 Å². The summed E-state index contributed by atoms with van der Waals surface area (Å²) in [6, 6.07) is 7.93. The molecule has 1 fully saturated rings. The molecule has 0 saturated carbocycles. The normalized spacial score (nSPS) is 15.9. The molecule has 1 saturated heterocycles. The Bertz CT molecular complexity index is 604. The van der Waals surface area contributed by atoms with Crippen LogP contribution in [-0.2, 0) is 0 Å². The first kappa shape index (κ1) is 15.0. The van der Waals surface area contributed by atoms with Gasteiger partial charge in [0.2, 0.25) is 0 Å². The maximum absolute atomic E-state index is 5.79. The van der Waals surface area contributed by atoms with Gasteiger partial charge in [-0.2, -0.15) is 5.10 Å². The molecule has 0 amide bonds. The molecule has 22 heavy (non-hydrogen) atoms. The summed E-state index contributed by atoms with van der Waals surface area (Å²) in [5, 5.41) is 12.8. The van der Waals surface area contributed by atoms with Gasteiger partial charge in [0.15, 0.2) is 0 Å². The molecule has 0 radical (unpaired) electrons. The van der Waals surface area contributed by atoms with Crippen molar-refractivity contribution in [2.75, 3.05) is 19.7 Å². The fraction of sp³-hybridized carbons (Fsp3) is 0.438. The minimum atomic E-state index is 0.522. The molecule has 3 rings (SSSR count). The van der Waals surface area contributed by atoms with Crippen molar-refractivity contribution >= 4 is 17.2 Å². The predicted octanol–water partition coefficient (Wildman–Crippen LogP) is 3.45. The Morgan fingerprint density at radius 3 is 2.68 bits per heavy atom. The number of ether oxygens (including phenoxy) is 1. The number of hydrazone groups is 1. The smallest absolute Gasteiger partial charge is 0.128 e. The van der Waals surface area contributed by atoms with Crippen molar-refractivity contribution in [1.29, 1.82) is 0 Å². The summed E-state index contributed by atoms with van der Waals surface area (Å²) in [5.41, 5.74) is 2.97. The number of aromatic nitrogens is 2. The molecular formula is C16H20N4OS. The van der Waals surface area contributed by atoms with E-state index in [1.165, 1.54) is 30.8 Å². The lowest BCUT2D eigenvalue weighted by atomic mass is 10.2. The van der Waals surface area contributed by atoms with Crippen LogP contribution in [0.5, 0.6) is 5.75 Å². The second-order valence-electron chi connectivity index (χ2n) is 5.45. The van der Waals surface area contributed by atoms with Crippen molar-refractivity contribution in [2.24, 2.45) is 5.10 Å². The first-order valence-electron chi connectivity index (χ1n) is 7.60. The second-order valence-corrected chi connectivity index (χ2v) is 6.06. The third-order valence-corrected chi connectivity index (χ3v) is 4.11. The summed E-state index contributed by atoms with van der Waals surface area (Å²) < 4.78 is 9.67. The molecule has 0 spiro atoms. The highest BCUT2D eigenvalue weighted by Gasteiger charge is 2.08. The van der Waals surface area contributed by atoms with E-state index >= 15 is 0 Å². The molecule has 1 aliphatic rings. The van der Waals surface area contributed by atoms with E-state index < -0.39 is 0 Å². The first-order chi connectivity index (χ1) is 10.8. The molecular weight excluding hydrogens is 296 g/mol. The summed E-state index contributed by atoms with van der Waals surface area (Å²) in [6.45, 7) is 4.67. The largest absolute Gasteiger partial charge is 0.488 e. The Balaban J connectivity index is 1.53. The fourth-order valence-corrected chi connectivity index (χ4v) is 2.91. The molecule has 6 heteroatoms. The summed E-state index contributed by atoms with van der Waals surface area (Å²) in [7, 11) is 0. The quantitative estimate of drug-likeness (QED) is 0.793. The number of hydrogen-bond acceptors (Lipinski definition) is 6. The average molecular weight is 316 g/mol. The molecule has 116 valence electrons. The van der Waals surface area contributed by atoms with E-state index in [2.05, 4.69) is 19.7 Å². The molecule has 1 aliphatic heterocycles. The number of rotatable bonds is 5. The van der Waals surface area contributed by atoms with Crippen LogP contribution in [0.3, 0.4) is 0 Å². The monoisotopic (exact) mass is 316 g/mol. The maximum Gasteiger partial charge on any atom is 0.128 e. The Hall–Kier alpha value is -1.95. The van der Waals surface area contributed by atoms with Gasteiger partial charge in [-0.3, -0.25) is 5.01 Å². The fourth-order valence-electron chi connectivity index (χ4n) is 2.45. The number of piperidine rings is 1. The molecule has 0 unspecified atom stereocenters. The summed E-state index contributed by atoms with van der Waals surface area (Å²) in [4.78, 5) is 0. The van der Waals surface area contributed by atoms with Gasteiger partial charge in [-0.25, -0.2) is 0 Å². The van der Waals surface area contributed by atoms with Crippen LogP contribution in [0, 0.1) is 0 Å². The summed E-state index contributed by atoms with van der Waals surface area (Å²) in [5.74, 6) is 0.847. The molecule has 0 atom stereocenters. The molecule has 0 aliphatic carbocycles. The molecule has 0 N–H and O–H groups in total. The summed E-state index contributed by atoms with van der Waals surface area (Å²) in [6.07, 6.45) is 3.80. The third-order valence-electron chi connectivity index (χ3n) is 3.60. The van der Waals surface area contributed by atoms with Crippen LogP contribution in [0.15, 0.2) is 34.7 Å². The van der Waals surface area contributed by atoms with Crippen LogP contribution in [0.4, 0.5) is 0 Å². The topological polar surface area (TPSA) is 50.6 Å². The van der Waals surface area contributed by atoms with Crippen LogP contribution in [0.2, 0.25) is 0 Å². The summed E-state index contributed by atoms with van der Waals surface area (Å²) >= 11 is 1.36. The molecule has 0 bridgehead atoms. The van der Waals surface area contributed by atoms with E-state index in [9.17, 15) is 0 Å². The van der Waals surface area contributed by atoms with E-state index in [0.29, 0.717) is 6.61 Å². The maximum atomic E-state index is 5.79. The van der Waals surface area contributed by atoms with Crippen LogP contribution in [0.25, 0.3) is 11.3 Å². The van der Waals surface area contributed by atoms with Gasteiger partial charge >= 0.3 is 0 Å². The van der Waals surface area contributed by atoms with Crippen molar-refractivity contribution in [2.45, 2.75) is 26.2 Å². The number of nitrogens with zero attached hydrogens (tertiary/aromatic N) is 4. The van der Waals surface area contributed by atoms with Gasteiger partial charge in [0.1, 0.15) is 18.1 Å². The Kier molecular flexibility index (Phi) is 5.00. The lowest BCUT2D eigenvalue weighted by Gasteiger charge is -2.24. The van der Waals surface area contributed by atoms with E-state index in [4.69, 9.17) is 4.74 Å². The molecule has 1 aromatic heterocycles. The lowest BCUT2D eigenvalue weighted by molar-refractivity contribution is 0.236. The first-order valence-corrected chi connectivity index (χ1v) is 8.44. The van der Waals surface area contributed by atoms with Gasteiger partial charge in [-0.1, -0.05) is 4.49 Å². The second kappa shape index (κ2) is 7.35. The Morgan fingerprint density at radius 1 is 1.23 bits per heavy atom. The highest BCUT2D eigenvalue weighted by atomic mass is 32.1. The van der Waals surface area contributed by atoms with Crippen LogP contribution in [-0.4, -0.2) is 40.0 Å². The van der Waals surface area contributed by atoms with Crippen molar-refractivity contribution in [3.05, 3.63) is 29.6 Å². The molecule has 2 aromatic rings. The third kappa shape index (κ3) is 4.04. The molecule has 5 nitrogen and oxygen atoms in total. The van der Waals surface area contributed by atoms with Crippen LogP contribution < -0.4 is 4.74 Å². The SMILES string of the molecule is CC(COc1ccc(-c2csnn2)cc1)=NN1CCCCC1. The van der Waals surface area contributed by atoms with Crippen molar-refractivity contribution in [3.63, 3.8) is 0 Å². The van der Waals surface area contributed by atoms with Gasteiger partial charge in [-0.05, 0) is 62.0 Å². The molecule has 2 heterocycles. The zero-order valence-corrected chi connectivity index (χ0v) is 13.6. The van der Waals surface area contributed by atoms with Gasteiger partial charge < -0.3 is 4.74 Å². The lowest BCUT2D eigenvalue weighted by Crippen LogP contribution is -2.26. The zero-order chi connectivity index (χ0) is 15.2. The minimum absolute atomic E-state index is 0.522. The van der Waals surface area contributed by atoms with Crippen molar-refractivity contribution < 1.29 is 4.74 Å². The van der Waals surface area contributed by atoms with E-state index in [0.717, 1.165) is 35.8 Å². The van der Waals surface area contributed by atoms with E-state index in [1.807, 2.05) is 36.6 Å². The minimum Gasteiger partial charge on any atom is -0.488 e. The predicted molar refractivity (Wildman–Crippen MR) is 89.4 cm³/mol. The highest BCUT2D eigenvalue weighted by Crippen LogP contribution is 2.21. The van der Waals surface area contributed by atoms with Gasteiger partial charge in [0.05, 0.1) is 5.71 Å². The average Bonchev–Trinajstić information content (AvgIpc) is 3.09. The zero-order valence-electron chi connectivity index (χ0n) is 12.7. The number of hydrogen-bond donors (Lipinski definition) is 0.